The maximum Gasteiger partial charge on any atom is 0.134 e. The summed E-state index contributed by atoms with van der Waals surface area (Å²) in [5, 5.41) is 0. The highest BCUT2D eigenvalue weighted by atomic mass is 19.1. The topological polar surface area (TPSA) is 0 Å². The number of fused-ring (bicyclic) bond motifs is 1. The molecule has 0 radical (unpaired) electrons. The number of hydrogen-bond donors (Lipinski definition) is 0. The Morgan fingerprint density at radius 3 is 2.23 bits per heavy atom. The van der Waals surface area contributed by atoms with Crippen LogP contribution < -0.4 is 0 Å². The van der Waals surface area contributed by atoms with E-state index in [1.807, 2.05) is 6.92 Å². The molecule has 0 saturated carbocycles. The fourth-order valence-corrected chi connectivity index (χ4v) is 4.05. The predicted molar refractivity (Wildman–Crippen MR) is 112 cm³/mol. The lowest BCUT2D eigenvalue weighted by molar-refractivity contribution is 0.570. The number of hydrogen-bond acceptors (Lipinski definition) is 0. The molecule has 0 saturated heterocycles. The molecule has 0 aliphatic heterocycles. The molecule has 3 aromatic rings. The summed E-state index contributed by atoms with van der Waals surface area (Å²) in [5.41, 5.74) is 3.37. The number of benzene rings is 3. The first-order valence-electron chi connectivity index (χ1n) is 10.2. The van der Waals surface area contributed by atoms with Crippen molar-refractivity contribution in [3.63, 3.8) is 0 Å². The molecule has 30 heavy (non-hydrogen) atoms. The fourth-order valence-electron chi connectivity index (χ4n) is 4.05. The van der Waals surface area contributed by atoms with Crippen molar-refractivity contribution in [2.45, 2.75) is 39.0 Å². The van der Waals surface area contributed by atoms with Crippen molar-refractivity contribution in [3.05, 3.63) is 100 Å². The molecule has 3 aromatic carbocycles. The van der Waals surface area contributed by atoms with Crippen LogP contribution in [-0.2, 0) is 19.3 Å². The van der Waals surface area contributed by atoms with Crippen LogP contribution in [0.5, 0.6) is 0 Å². The van der Waals surface area contributed by atoms with Gasteiger partial charge in [-0.25, -0.2) is 17.6 Å². The standard InChI is InChI=1S/C26H22F4/c1-2-3-4-16-13-23(28)25(24(29)14-16)19-8-12-22-18(15-19)7-11-21(26(22)30)17-5-9-20(27)10-6-17/h5-11,13-14H,2-4,12,15H2,1H3. The second-order valence-electron chi connectivity index (χ2n) is 7.72. The second-order valence-corrected chi connectivity index (χ2v) is 7.72. The molecule has 4 rings (SSSR count). The summed E-state index contributed by atoms with van der Waals surface area (Å²) >= 11 is 0. The van der Waals surface area contributed by atoms with E-state index in [1.54, 1.807) is 18.2 Å². The molecule has 0 N–H and O–H groups in total. The van der Waals surface area contributed by atoms with Gasteiger partial charge in [0.1, 0.15) is 23.3 Å². The van der Waals surface area contributed by atoms with E-state index in [9.17, 15) is 13.2 Å². The van der Waals surface area contributed by atoms with Crippen LogP contribution in [0.1, 0.15) is 42.0 Å². The first-order chi connectivity index (χ1) is 14.5. The fraction of sp³-hybridized carbons (Fsp3) is 0.231. The summed E-state index contributed by atoms with van der Waals surface area (Å²) in [6, 6.07) is 11.9. The van der Waals surface area contributed by atoms with Crippen molar-refractivity contribution < 1.29 is 17.6 Å². The number of allylic oxidation sites excluding steroid dienone is 2. The molecule has 0 amide bonds. The van der Waals surface area contributed by atoms with E-state index < -0.39 is 11.6 Å². The molecule has 0 aromatic heterocycles. The number of aryl methyl sites for hydroxylation is 1. The van der Waals surface area contributed by atoms with E-state index in [-0.39, 0.29) is 30.0 Å². The third kappa shape index (κ3) is 3.91. The van der Waals surface area contributed by atoms with Crippen molar-refractivity contribution in [2.75, 3.05) is 0 Å². The van der Waals surface area contributed by atoms with Gasteiger partial charge in [0.15, 0.2) is 0 Å². The highest BCUT2D eigenvalue weighted by Gasteiger charge is 2.23. The van der Waals surface area contributed by atoms with Crippen LogP contribution in [0, 0.1) is 23.3 Å². The van der Waals surface area contributed by atoms with E-state index in [2.05, 4.69) is 0 Å². The molecule has 154 valence electrons. The highest BCUT2D eigenvalue weighted by Crippen LogP contribution is 2.35. The van der Waals surface area contributed by atoms with Gasteiger partial charge in [0.05, 0.1) is 0 Å². The zero-order chi connectivity index (χ0) is 21.3. The number of halogens is 4. The van der Waals surface area contributed by atoms with Crippen LogP contribution in [0.2, 0.25) is 0 Å². The molecule has 0 nitrogen and oxygen atoms in total. The van der Waals surface area contributed by atoms with Gasteiger partial charge in [-0.15, -0.1) is 0 Å². The molecule has 0 spiro atoms. The third-order valence-electron chi connectivity index (χ3n) is 5.67. The lowest BCUT2D eigenvalue weighted by atomic mass is 9.85. The van der Waals surface area contributed by atoms with Crippen LogP contribution in [0.3, 0.4) is 0 Å². The van der Waals surface area contributed by atoms with Gasteiger partial charge in [0.2, 0.25) is 0 Å². The lowest BCUT2D eigenvalue weighted by Gasteiger charge is -2.21. The maximum atomic E-state index is 15.1. The molecular weight excluding hydrogens is 388 g/mol. The Kier molecular flexibility index (Phi) is 5.76. The molecule has 4 heteroatoms. The molecule has 0 unspecified atom stereocenters. The van der Waals surface area contributed by atoms with Crippen LogP contribution in [0.4, 0.5) is 17.6 Å². The number of unbranched alkanes of at least 4 members (excludes halogenated alkanes) is 1. The molecule has 1 aliphatic carbocycles. The quantitative estimate of drug-likeness (QED) is 0.384. The minimum absolute atomic E-state index is 0.0242. The van der Waals surface area contributed by atoms with Gasteiger partial charge in [0.25, 0.3) is 0 Å². The van der Waals surface area contributed by atoms with Crippen LogP contribution in [-0.4, -0.2) is 0 Å². The van der Waals surface area contributed by atoms with E-state index in [0.29, 0.717) is 39.8 Å². The summed E-state index contributed by atoms with van der Waals surface area (Å²) < 4.78 is 57.7. The number of rotatable bonds is 5. The van der Waals surface area contributed by atoms with Gasteiger partial charge >= 0.3 is 0 Å². The van der Waals surface area contributed by atoms with E-state index in [1.165, 1.54) is 36.4 Å². The first kappa shape index (κ1) is 20.4. The zero-order valence-electron chi connectivity index (χ0n) is 16.7. The van der Waals surface area contributed by atoms with E-state index >= 15 is 4.39 Å². The first-order valence-corrected chi connectivity index (χ1v) is 10.2. The summed E-state index contributed by atoms with van der Waals surface area (Å²) in [5.74, 6) is -1.89. The maximum absolute atomic E-state index is 15.1. The Hall–Kier alpha value is -2.88. The normalized spacial score (nSPS) is 13.2. The Balaban J connectivity index is 1.65. The minimum Gasteiger partial charge on any atom is -0.207 e. The van der Waals surface area contributed by atoms with Crippen LogP contribution in [0.15, 0.2) is 54.6 Å². The van der Waals surface area contributed by atoms with Crippen molar-refractivity contribution in [1.29, 1.82) is 0 Å². The Labute approximate surface area is 173 Å². The Morgan fingerprint density at radius 1 is 0.867 bits per heavy atom. The lowest BCUT2D eigenvalue weighted by Crippen LogP contribution is -2.09. The monoisotopic (exact) mass is 410 g/mol. The molecule has 1 aliphatic rings. The highest BCUT2D eigenvalue weighted by molar-refractivity contribution is 5.74. The largest absolute Gasteiger partial charge is 0.207 e. The second kappa shape index (κ2) is 8.47. The van der Waals surface area contributed by atoms with Crippen LogP contribution in [0.25, 0.3) is 16.7 Å². The summed E-state index contributed by atoms with van der Waals surface area (Å²) in [4.78, 5) is 0. The average Bonchev–Trinajstić information content (AvgIpc) is 2.73. The van der Waals surface area contributed by atoms with Crippen molar-refractivity contribution in [1.82, 2.24) is 0 Å². The van der Waals surface area contributed by atoms with Crippen molar-refractivity contribution in [2.24, 2.45) is 0 Å². The van der Waals surface area contributed by atoms with Gasteiger partial charge in [0, 0.05) is 11.1 Å². The molecule has 0 fully saturated rings. The van der Waals surface area contributed by atoms with Gasteiger partial charge in [-0.3, -0.25) is 0 Å². The Morgan fingerprint density at radius 2 is 1.57 bits per heavy atom. The third-order valence-corrected chi connectivity index (χ3v) is 5.67. The molecule has 0 atom stereocenters. The smallest absolute Gasteiger partial charge is 0.134 e. The molecule has 0 heterocycles. The summed E-state index contributed by atoms with van der Waals surface area (Å²) in [7, 11) is 0. The summed E-state index contributed by atoms with van der Waals surface area (Å²) in [6.07, 6.45) is 4.69. The Bertz CT molecular complexity index is 1090. The van der Waals surface area contributed by atoms with Gasteiger partial charge in [-0.1, -0.05) is 43.7 Å². The molecule has 0 bridgehead atoms. The van der Waals surface area contributed by atoms with Gasteiger partial charge < -0.3 is 0 Å². The SMILES string of the molecule is CCCCc1cc(F)c(C2=CCc3c(ccc(-c4ccc(F)cc4)c3F)C2)c(F)c1. The minimum atomic E-state index is -0.570. The van der Waals surface area contributed by atoms with Gasteiger partial charge in [-0.05, 0) is 77.8 Å². The van der Waals surface area contributed by atoms with Crippen molar-refractivity contribution >= 4 is 5.57 Å². The van der Waals surface area contributed by atoms with Gasteiger partial charge in [-0.2, -0.15) is 0 Å². The van der Waals surface area contributed by atoms with E-state index in [0.717, 1.165) is 12.8 Å². The van der Waals surface area contributed by atoms with Crippen LogP contribution >= 0.6 is 0 Å². The van der Waals surface area contributed by atoms with Crippen molar-refractivity contribution in [3.8, 4) is 11.1 Å². The molecular formula is C26H22F4. The summed E-state index contributed by atoms with van der Waals surface area (Å²) in [6.45, 7) is 2.03. The predicted octanol–water partition coefficient (Wildman–Crippen LogP) is 7.43. The zero-order valence-corrected chi connectivity index (χ0v) is 16.7. The average molecular weight is 410 g/mol. The van der Waals surface area contributed by atoms with E-state index in [4.69, 9.17) is 0 Å².